The van der Waals surface area contributed by atoms with E-state index in [1.54, 1.807) is 12.1 Å². The van der Waals surface area contributed by atoms with E-state index in [0.717, 1.165) is 62.5 Å². The van der Waals surface area contributed by atoms with Crippen molar-refractivity contribution in [2.45, 2.75) is 25.4 Å². The second kappa shape index (κ2) is 8.08. The summed E-state index contributed by atoms with van der Waals surface area (Å²) in [7, 11) is 0. The highest BCUT2D eigenvalue weighted by atomic mass is 19.1. The smallest absolute Gasteiger partial charge is 0.146 e. The van der Waals surface area contributed by atoms with Crippen molar-refractivity contribution >= 4 is 16.7 Å². The van der Waals surface area contributed by atoms with E-state index in [1.165, 1.54) is 18.4 Å². The molecule has 0 radical (unpaired) electrons. The van der Waals surface area contributed by atoms with Crippen LogP contribution in [-0.4, -0.2) is 65.4 Å². The molecule has 2 aliphatic rings. The molecule has 0 N–H and O–H groups in total. The van der Waals surface area contributed by atoms with Crippen LogP contribution in [0, 0.1) is 5.82 Å². The van der Waals surface area contributed by atoms with Gasteiger partial charge < -0.3 is 4.90 Å². The minimum absolute atomic E-state index is 0.121. The first kappa shape index (κ1) is 18.5. The fourth-order valence-corrected chi connectivity index (χ4v) is 4.69. The van der Waals surface area contributed by atoms with Gasteiger partial charge in [-0.2, -0.15) is 0 Å². The van der Waals surface area contributed by atoms with E-state index in [-0.39, 0.29) is 5.82 Å². The van der Waals surface area contributed by atoms with Gasteiger partial charge in [-0.1, -0.05) is 18.2 Å². The molecule has 6 nitrogen and oxygen atoms in total. The summed E-state index contributed by atoms with van der Waals surface area (Å²) in [6.45, 7) is 6.87. The lowest BCUT2D eigenvalue weighted by atomic mass is 10.0. The van der Waals surface area contributed by atoms with E-state index in [1.807, 2.05) is 18.2 Å². The van der Waals surface area contributed by atoms with Crippen LogP contribution in [0.4, 0.5) is 10.1 Å². The zero-order chi connectivity index (χ0) is 19.6. The second-order valence-electron chi connectivity index (χ2n) is 8.09. The van der Waals surface area contributed by atoms with Crippen molar-refractivity contribution in [3.8, 4) is 0 Å². The Hall–Kier alpha value is -2.51. The molecule has 0 saturated carbocycles. The molecule has 5 rings (SSSR count). The third-order valence-electron chi connectivity index (χ3n) is 6.23. The number of benzene rings is 2. The predicted octanol–water partition coefficient (Wildman–Crippen LogP) is 3.15. The summed E-state index contributed by atoms with van der Waals surface area (Å²) < 4.78 is 18.9. The van der Waals surface area contributed by atoms with Gasteiger partial charge in [0.15, 0.2) is 0 Å². The van der Waals surface area contributed by atoms with Gasteiger partial charge in [0.2, 0.25) is 0 Å². The van der Waals surface area contributed by atoms with Gasteiger partial charge in [-0.15, -0.1) is 0 Å². The first-order valence-electron chi connectivity index (χ1n) is 10.4. The van der Waals surface area contributed by atoms with Crippen LogP contribution < -0.4 is 4.90 Å². The molecule has 0 spiro atoms. The lowest BCUT2D eigenvalue weighted by Crippen LogP contribution is -2.55. The Balaban J connectivity index is 1.18. The normalized spacial score (nSPS) is 21.7. The second-order valence-corrected chi connectivity index (χ2v) is 8.09. The molecule has 2 saturated heterocycles. The summed E-state index contributed by atoms with van der Waals surface area (Å²) in [5.41, 5.74) is 3.60. The molecule has 2 fully saturated rings. The number of aromatic nitrogens is 2. The minimum Gasteiger partial charge on any atom is -0.367 e. The van der Waals surface area contributed by atoms with Gasteiger partial charge in [0.05, 0.1) is 5.69 Å². The fraction of sp³-hybridized carbons (Fsp3) is 0.455. The van der Waals surface area contributed by atoms with E-state index in [4.69, 9.17) is 4.63 Å². The standard InChI is InChI=1S/C22H26FN5O/c23-19-5-1-2-6-22(19)28-12-10-27(11-13-28)18-4-3-9-26(16-18)15-17-7-8-20-21(14-17)25-29-24-20/h1-2,5-8,14,18H,3-4,9-13,15-16H2/t18-/m0/s1. The van der Waals surface area contributed by atoms with Crippen molar-refractivity contribution < 1.29 is 9.02 Å². The maximum Gasteiger partial charge on any atom is 0.146 e. The minimum atomic E-state index is -0.121. The van der Waals surface area contributed by atoms with E-state index >= 15 is 0 Å². The lowest BCUT2D eigenvalue weighted by molar-refractivity contribution is 0.0887. The zero-order valence-electron chi connectivity index (χ0n) is 16.5. The van der Waals surface area contributed by atoms with Crippen LogP contribution in [0.15, 0.2) is 47.1 Å². The van der Waals surface area contributed by atoms with Gasteiger partial charge in [-0.05, 0) is 59.5 Å². The number of likely N-dealkylation sites (tertiary alicyclic amines) is 1. The van der Waals surface area contributed by atoms with Crippen LogP contribution in [-0.2, 0) is 6.54 Å². The van der Waals surface area contributed by atoms with Crippen molar-refractivity contribution in [1.29, 1.82) is 0 Å². The number of anilines is 1. The molecule has 1 atom stereocenters. The highest BCUT2D eigenvalue weighted by Crippen LogP contribution is 2.24. The zero-order valence-corrected chi connectivity index (χ0v) is 16.5. The fourth-order valence-electron chi connectivity index (χ4n) is 4.69. The number of para-hydroxylation sites is 1. The van der Waals surface area contributed by atoms with Crippen molar-refractivity contribution in [1.82, 2.24) is 20.1 Å². The van der Waals surface area contributed by atoms with Crippen LogP contribution in [0.1, 0.15) is 18.4 Å². The molecule has 0 unspecified atom stereocenters. The van der Waals surface area contributed by atoms with Gasteiger partial charge >= 0.3 is 0 Å². The Morgan fingerprint density at radius 2 is 1.79 bits per heavy atom. The number of nitrogens with zero attached hydrogens (tertiary/aromatic N) is 5. The summed E-state index contributed by atoms with van der Waals surface area (Å²) in [6.07, 6.45) is 2.45. The molecule has 29 heavy (non-hydrogen) atoms. The number of hydrogen-bond donors (Lipinski definition) is 0. The Morgan fingerprint density at radius 1 is 0.966 bits per heavy atom. The number of hydrogen-bond acceptors (Lipinski definition) is 6. The molecular formula is C22H26FN5O. The Labute approximate surface area is 169 Å². The maximum absolute atomic E-state index is 14.1. The van der Waals surface area contributed by atoms with Gasteiger partial charge in [0, 0.05) is 45.3 Å². The van der Waals surface area contributed by atoms with E-state index in [2.05, 4.69) is 37.1 Å². The Morgan fingerprint density at radius 3 is 2.66 bits per heavy atom. The van der Waals surface area contributed by atoms with Crippen molar-refractivity contribution in [3.63, 3.8) is 0 Å². The molecule has 0 aliphatic carbocycles. The topological polar surface area (TPSA) is 48.6 Å². The van der Waals surface area contributed by atoms with E-state index < -0.39 is 0 Å². The van der Waals surface area contributed by atoms with E-state index in [9.17, 15) is 4.39 Å². The third kappa shape index (κ3) is 3.97. The summed E-state index contributed by atoms with van der Waals surface area (Å²) >= 11 is 0. The van der Waals surface area contributed by atoms with Crippen LogP contribution in [0.25, 0.3) is 11.0 Å². The number of piperazine rings is 1. The first-order valence-corrected chi connectivity index (χ1v) is 10.4. The van der Waals surface area contributed by atoms with Crippen LogP contribution in [0.2, 0.25) is 0 Å². The summed E-state index contributed by atoms with van der Waals surface area (Å²) in [6, 6.07) is 13.8. The average Bonchev–Trinajstić information content (AvgIpc) is 3.22. The number of piperidine rings is 1. The Bertz CT molecular complexity index is 969. The number of rotatable bonds is 4. The van der Waals surface area contributed by atoms with Gasteiger partial charge in [-0.25, -0.2) is 9.02 Å². The molecule has 0 bridgehead atoms. The molecule has 2 aliphatic heterocycles. The molecule has 1 aromatic heterocycles. The van der Waals surface area contributed by atoms with Gasteiger partial charge in [0.1, 0.15) is 16.9 Å². The summed E-state index contributed by atoms with van der Waals surface area (Å²) in [4.78, 5) is 7.30. The SMILES string of the molecule is Fc1ccccc1N1CCN([C@H]2CCCN(Cc3ccc4nonc4c3)C2)CC1. The molecule has 0 amide bonds. The van der Waals surface area contributed by atoms with Gasteiger partial charge in [0.25, 0.3) is 0 Å². The molecule has 7 heteroatoms. The first-order chi connectivity index (χ1) is 14.3. The van der Waals surface area contributed by atoms with Crippen molar-refractivity contribution in [2.75, 3.05) is 44.2 Å². The lowest BCUT2D eigenvalue weighted by Gasteiger charge is -2.44. The highest BCUT2D eigenvalue weighted by Gasteiger charge is 2.28. The maximum atomic E-state index is 14.1. The van der Waals surface area contributed by atoms with Crippen LogP contribution in [0.5, 0.6) is 0 Å². The summed E-state index contributed by atoms with van der Waals surface area (Å²) in [5, 5.41) is 7.83. The largest absolute Gasteiger partial charge is 0.367 e. The van der Waals surface area contributed by atoms with Crippen LogP contribution >= 0.6 is 0 Å². The monoisotopic (exact) mass is 395 g/mol. The van der Waals surface area contributed by atoms with Crippen molar-refractivity contribution in [3.05, 3.63) is 53.8 Å². The Kier molecular flexibility index (Phi) is 5.16. The number of halogens is 1. The van der Waals surface area contributed by atoms with Gasteiger partial charge in [-0.3, -0.25) is 9.80 Å². The average molecular weight is 395 g/mol. The predicted molar refractivity (Wildman–Crippen MR) is 110 cm³/mol. The molecule has 3 heterocycles. The highest BCUT2D eigenvalue weighted by molar-refractivity contribution is 5.73. The van der Waals surface area contributed by atoms with Crippen molar-refractivity contribution in [2.24, 2.45) is 0 Å². The van der Waals surface area contributed by atoms with Crippen LogP contribution in [0.3, 0.4) is 0 Å². The quantitative estimate of drug-likeness (QED) is 0.676. The third-order valence-corrected chi connectivity index (χ3v) is 6.23. The molecular weight excluding hydrogens is 369 g/mol. The number of fused-ring (bicyclic) bond motifs is 1. The van der Waals surface area contributed by atoms with E-state index in [0.29, 0.717) is 6.04 Å². The summed E-state index contributed by atoms with van der Waals surface area (Å²) in [5.74, 6) is -0.121. The molecule has 3 aromatic rings. The molecule has 152 valence electrons. The molecule has 2 aromatic carbocycles.